The van der Waals surface area contributed by atoms with Crippen molar-refractivity contribution >= 4 is 16.7 Å². The summed E-state index contributed by atoms with van der Waals surface area (Å²) < 4.78 is 20.9. The molecule has 0 aliphatic carbocycles. The van der Waals surface area contributed by atoms with E-state index < -0.39 is 5.41 Å². The lowest BCUT2D eigenvalue weighted by atomic mass is 9.74. The quantitative estimate of drug-likeness (QED) is 0.639. The fourth-order valence-corrected chi connectivity index (χ4v) is 4.35. The predicted octanol–water partition coefficient (Wildman–Crippen LogP) is 3.67. The highest BCUT2D eigenvalue weighted by atomic mass is 19.1. The summed E-state index contributed by atoms with van der Waals surface area (Å²) in [5.74, 6) is -0.440. The van der Waals surface area contributed by atoms with Crippen molar-refractivity contribution in [3.05, 3.63) is 76.0 Å². The molecule has 1 aromatic heterocycles. The molecule has 0 saturated carbocycles. The summed E-state index contributed by atoms with van der Waals surface area (Å²) in [5, 5.41) is 8.45. The van der Waals surface area contributed by atoms with Crippen LogP contribution in [0.4, 0.5) is 4.39 Å². The molecule has 0 spiro atoms. The van der Waals surface area contributed by atoms with Crippen molar-refractivity contribution in [1.82, 2.24) is 15.1 Å². The van der Waals surface area contributed by atoms with E-state index in [0.717, 1.165) is 5.56 Å². The molecular formula is C25H28FN3O3. The van der Waals surface area contributed by atoms with Gasteiger partial charge in [-0.15, -0.1) is 0 Å². The number of rotatable bonds is 6. The standard InChI is InChI=1S/C25H28FN3O3/c1-17(2)15-29-24(31)21-9-4-3-8-20(21)22(28-29)23(30)27-16-25(10-12-32-13-11-25)18-6-5-7-19(26)14-18/h3-9,14,17H,10-13,15-16H2,1-2H3,(H,27,30). The SMILES string of the molecule is CC(C)Cn1nc(C(=O)NCC2(c3cccc(F)c3)CCOCC2)c2ccccc2c1=O. The monoisotopic (exact) mass is 437 g/mol. The summed E-state index contributed by atoms with van der Waals surface area (Å²) in [6.07, 6.45) is 1.36. The Morgan fingerprint density at radius 3 is 2.56 bits per heavy atom. The maximum absolute atomic E-state index is 14.0. The molecule has 6 nitrogen and oxygen atoms in total. The third kappa shape index (κ3) is 4.43. The van der Waals surface area contributed by atoms with Crippen LogP contribution in [0, 0.1) is 11.7 Å². The molecule has 7 heteroatoms. The van der Waals surface area contributed by atoms with Crippen LogP contribution in [0.1, 0.15) is 42.7 Å². The lowest BCUT2D eigenvalue weighted by Gasteiger charge is -2.38. The Balaban J connectivity index is 1.67. The first-order valence-corrected chi connectivity index (χ1v) is 11.0. The Bertz CT molecular complexity index is 1180. The number of halogens is 1. The first-order chi connectivity index (χ1) is 15.4. The zero-order chi connectivity index (χ0) is 22.7. The van der Waals surface area contributed by atoms with Crippen molar-refractivity contribution in [2.45, 2.75) is 38.6 Å². The molecule has 0 unspecified atom stereocenters. The molecule has 1 N–H and O–H groups in total. The number of benzene rings is 2. The topological polar surface area (TPSA) is 73.2 Å². The summed E-state index contributed by atoms with van der Waals surface area (Å²) in [7, 11) is 0. The Labute approximate surface area is 186 Å². The smallest absolute Gasteiger partial charge is 0.274 e. The van der Waals surface area contributed by atoms with Gasteiger partial charge in [0.25, 0.3) is 11.5 Å². The van der Waals surface area contributed by atoms with Crippen LogP contribution in [-0.2, 0) is 16.7 Å². The van der Waals surface area contributed by atoms with Gasteiger partial charge in [0.15, 0.2) is 5.69 Å². The number of fused-ring (bicyclic) bond motifs is 1. The first-order valence-electron chi connectivity index (χ1n) is 11.0. The number of hydrogen-bond donors (Lipinski definition) is 1. The Hall–Kier alpha value is -3.06. The van der Waals surface area contributed by atoms with E-state index in [1.165, 1.54) is 16.8 Å². The molecule has 1 amide bonds. The molecule has 1 saturated heterocycles. The van der Waals surface area contributed by atoms with Crippen LogP contribution in [0.3, 0.4) is 0 Å². The van der Waals surface area contributed by atoms with E-state index in [1.54, 1.807) is 30.3 Å². The minimum atomic E-state index is -0.418. The molecule has 0 atom stereocenters. The van der Waals surface area contributed by atoms with Crippen molar-refractivity contribution in [3.8, 4) is 0 Å². The summed E-state index contributed by atoms with van der Waals surface area (Å²) in [5.41, 5.74) is 0.454. The van der Waals surface area contributed by atoms with Gasteiger partial charge in [0.05, 0.1) is 5.39 Å². The van der Waals surface area contributed by atoms with Crippen LogP contribution >= 0.6 is 0 Å². The first kappa shape index (κ1) is 22.1. The fraction of sp³-hybridized carbons (Fsp3) is 0.400. The predicted molar refractivity (Wildman–Crippen MR) is 121 cm³/mol. The zero-order valence-electron chi connectivity index (χ0n) is 18.4. The molecule has 32 heavy (non-hydrogen) atoms. The van der Waals surface area contributed by atoms with Gasteiger partial charge in [0, 0.05) is 37.1 Å². The third-order valence-electron chi connectivity index (χ3n) is 6.10. The number of carbonyl (C=O) groups is 1. The number of hydrogen-bond acceptors (Lipinski definition) is 4. The molecule has 4 rings (SSSR count). The Morgan fingerprint density at radius 2 is 1.88 bits per heavy atom. The van der Waals surface area contributed by atoms with E-state index in [4.69, 9.17) is 4.74 Å². The second-order valence-corrected chi connectivity index (χ2v) is 8.86. The van der Waals surface area contributed by atoms with Gasteiger partial charge in [-0.3, -0.25) is 9.59 Å². The maximum atomic E-state index is 14.0. The summed E-state index contributed by atoms with van der Waals surface area (Å²) in [4.78, 5) is 26.1. The molecule has 1 fully saturated rings. The molecule has 1 aliphatic rings. The van der Waals surface area contributed by atoms with Crippen molar-refractivity contribution in [2.24, 2.45) is 5.92 Å². The molecule has 2 aromatic carbocycles. The molecular weight excluding hydrogens is 409 g/mol. The number of carbonyl (C=O) groups excluding carboxylic acids is 1. The zero-order valence-corrected chi connectivity index (χ0v) is 18.4. The van der Waals surface area contributed by atoms with Gasteiger partial charge in [-0.05, 0) is 42.5 Å². The highest BCUT2D eigenvalue weighted by molar-refractivity contribution is 6.04. The maximum Gasteiger partial charge on any atom is 0.274 e. The van der Waals surface area contributed by atoms with Crippen molar-refractivity contribution < 1.29 is 13.9 Å². The van der Waals surface area contributed by atoms with Crippen LogP contribution in [0.15, 0.2) is 53.3 Å². The van der Waals surface area contributed by atoms with Crippen molar-refractivity contribution in [2.75, 3.05) is 19.8 Å². The number of nitrogens with one attached hydrogen (secondary N) is 1. The molecule has 168 valence electrons. The Kier molecular flexibility index (Phi) is 6.37. The number of nitrogens with zero attached hydrogens (tertiary/aromatic N) is 2. The van der Waals surface area contributed by atoms with Gasteiger partial charge in [-0.1, -0.05) is 44.2 Å². The second kappa shape index (κ2) is 9.20. The molecule has 2 heterocycles. The lowest BCUT2D eigenvalue weighted by Crippen LogP contribution is -2.45. The van der Waals surface area contributed by atoms with Crippen molar-refractivity contribution in [3.63, 3.8) is 0 Å². The van der Waals surface area contributed by atoms with Gasteiger partial charge >= 0.3 is 0 Å². The summed E-state index contributed by atoms with van der Waals surface area (Å²) >= 11 is 0. The fourth-order valence-electron chi connectivity index (χ4n) is 4.35. The molecule has 3 aromatic rings. The normalized spacial score (nSPS) is 15.8. The van der Waals surface area contributed by atoms with Crippen LogP contribution in [0.5, 0.6) is 0 Å². The van der Waals surface area contributed by atoms with Crippen LogP contribution < -0.4 is 10.9 Å². The average molecular weight is 438 g/mol. The van der Waals surface area contributed by atoms with E-state index in [0.29, 0.717) is 49.9 Å². The van der Waals surface area contributed by atoms with Crippen LogP contribution in [0.25, 0.3) is 10.8 Å². The van der Waals surface area contributed by atoms with Gasteiger partial charge < -0.3 is 10.1 Å². The number of ether oxygens (including phenoxy) is 1. The number of aromatic nitrogens is 2. The van der Waals surface area contributed by atoms with E-state index in [-0.39, 0.29) is 28.9 Å². The van der Waals surface area contributed by atoms with Gasteiger partial charge in [-0.2, -0.15) is 5.10 Å². The number of amides is 1. The van der Waals surface area contributed by atoms with E-state index in [9.17, 15) is 14.0 Å². The van der Waals surface area contributed by atoms with E-state index in [2.05, 4.69) is 10.4 Å². The van der Waals surface area contributed by atoms with E-state index >= 15 is 0 Å². The highest BCUT2D eigenvalue weighted by Crippen LogP contribution is 2.34. The van der Waals surface area contributed by atoms with Gasteiger partial charge in [-0.25, -0.2) is 9.07 Å². The summed E-state index contributed by atoms with van der Waals surface area (Å²) in [6, 6.07) is 13.6. The third-order valence-corrected chi connectivity index (χ3v) is 6.10. The Morgan fingerprint density at radius 1 is 1.16 bits per heavy atom. The minimum Gasteiger partial charge on any atom is -0.381 e. The van der Waals surface area contributed by atoms with E-state index in [1.807, 2.05) is 19.9 Å². The second-order valence-electron chi connectivity index (χ2n) is 8.86. The van der Waals surface area contributed by atoms with Gasteiger partial charge in [0.1, 0.15) is 5.82 Å². The van der Waals surface area contributed by atoms with Gasteiger partial charge in [0.2, 0.25) is 0 Å². The average Bonchev–Trinajstić information content (AvgIpc) is 2.80. The summed E-state index contributed by atoms with van der Waals surface area (Å²) in [6.45, 7) is 5.85. The van der Waals surface area contributed by atoms with Crippen LogP contribution in [-0.4, -0.2) is 35.4 Å². The lowest BCUT2D eigenvalue weighted by molar-refractivity contribution is 0.0485. The molecule has 0 radical (unpaired) electrons. The largest absolute Gasteiger partial charge is 0.381 e. The van der Waals surface area contributed by atoms with Crippen LogP contribution in [0.2, 0.25) is 0 Å². The molecule has 0 bridgehead atoms. The molecule has 1 aliphatic heterocycles. The minimum absolute atomic E-state index is 0.202. The highest BCUT2D eigenvalue weighted by Gasteiger charge is 2.35. The van der Waals surface area contributed by atoms with Crippen molar-refractivity contribution in [1.29, 1.82) is 0 Å².